The average Bonchev–Trinajstić information content (AvgIpc) is 3.08. The number of para-hydroxylation sites is 2. The van der Waals surface area contributed by atoms with Crippen molar-refractivity contribution in [3.63, 3.8) is 0 Å². The highest BCUT2D eigenvalue weighted by atomic mass is 16.2. The van der Waals surface area contributed by atoms with Gasteiger partial charge in [-0.1, -0.05) is 12.1 Å². The van der Waals surface area contributed by atoms with Crippen LogP contribution in [0.2, 0.25) is 0 Å². The summed E-state index contributed by atoms with van der Waals surface area (Å²) in [6, 6.07) is 9.10. The van der Waals surface area contributed by atoms with Crippen LogP contribution in [-0.2, 0) is 11.3 Å². The van der Waals surface area contributed by atoms with E-state index in [1.165, 1.54) is 16.8 Å². The van der Waals surface area contributed by atoms with Crippen LogP contribution in [0.5, 0.6) is 0 Å². The molecular weight excluding hydrogens is 334 g/mol. The SMILES string of the molecule is O=C(Cn1ccc(=O)[nH]c1=O)N1CCCC(c2nc3ccccc3[nH]2)C1. The molecule has 0 aliphatic carbocycles. The standard InChI is InChI=1S/C18H19N5O3/c24-15-7-9-23(18(26)21-15)11-16(25)22-8-3-4-12(10-22)17-19-13-5-1-2-6-14(13)20-17/h1-2,5-7,9,12H,3-4,8,10-11H2,(H,19,20)(H,21,24,26). The van der Waals surface area contributed by atoms with Crippen molar-refractivity contribution in [3.8, 4) is 0 Å². The van der Waals surface area contributed by atoms with Crippen molar-refractivity contribution in [2.75, 3.05) is 13.1 Å². The molecule has 4 rings (SSSR count). The van der Waals surface area contributed by atoms with Crippen LogP contribution in [-0.4, -0.2) is 43.4 Å². The van der Waals surface area contributed by atoms with E-state index in [2.05, 4.69) is 15.0 Å². The number of carbonyl (C=O) groups excluding carboxylic acids is 1. The van der Waals surface area contributed by atoms with E-state index >= 15 is 0 Å². The van der Waals surface area contributed by atoms with E-state index in [0.29, 0.717) is 13.1 Å². The third kappa shape index (κ3) is 3.17. The summed E-state index contributed by atoms with van der Waals surface area (Å²) in [6.45, 7) is 1.15. The molecular formula is C18H19N5O3. The molecule has 134 valence electrons. The number of hydrogen-bond acceptors (Lipinski definition) is 4. The molecule has 0 radical (unpaired) electrons. The first-order valence-electron chi connectivity index (χ1n) is 8.62. The van der Waals surface area contributed by atoms with Gasteiger partial charge in [0.25, 0.3) is 5.56 Å². The average molecular weight is 353 g/mol. The Hall–Kier alpha value is -3.16. The number of nitrogens with one attached hydrogen (secondary N) is 2. The number of amides is 1. The van der Waals surface area contributed by atoms with Crippen LogP contribution in [0.1, 0.15) is 24.6 Å². The van der Waals surface area contributed by atoms with Gasteiger partial charge in [0.05, 0.1) is 11.0 Å². The lowest BCUT2D eigenvalue weighted by Gasteiger charge is -2.32. The van der Waals surface area contributed by atoms with Gasteiger partial charge in [0.15, 0.2) is 0 Å². The Morgan fingerprint density at radius 2 is 2.04 bits per heavy atom. The van der Waals surface area contributed by atoms with E-state index in [4.69, 9.17) is 0 Å². The largest absolute Gasteiger partial charge is 0.342 e. The molecule has 0 spiro atoms. The topological polar surface area (TPSA) is 104 Å². The Morgan fingerprint density at radius 3 is 2.85 bits per heavy atom. The minimum Gasteiger partial charge on any atom is -0.342 e. The lowest BCUT2D eigenvalue weighted by Crippen LogP contribution is -2.43. The Kier molecular flexibility index (Phi) is 4.16. The van der Waals surface area contributed by atoms with Gasteiger partial charge in [-0.3, -0.25) is 19.1 Å². The van der Waals surface area contributed by atoms with Gasteiger partial charge < -0.3 is 9.88 Å². The molecule has 3 aromatic rings. The Bertz CT molecular complexity index is 1030. The van der Waals surface area contributed by atoms with Crippen LogP contribution in [0.25, 0.3) is 11.0 Å². The summed E-state index contributed by atoms with van der Waals surface area (Å²) in [5.74, 6) is 0.900. The van der Waals surface area contributed by atoms with Crippen molar-refractivity contribution in [3.05, 3.63) is 63.2 Å². The van der Waals surface area contributed by atoms with Crippen molar-refractivity contribution < 1.29 is 4.79 Å². The summed E-state index contributed by atoms with van der Waals surface area (Å²) in [7, 11) is 0. The molecule has 0 saturated carbocycles. The fourth-order valence-electron chi connectivity index (χ4n) is 3.41. The monoisotopic (exact) mass is 353 g/mol. The van der Waals surface area contributed by atoms with Crippen LogP contribution in [0.15, 0.2) is 46.1 Å². The van der Waals surface area contributed by atoms with E-state index < -0.39 is 11.2 Å². The summed E-state index contributed by atoms with van der Waals surface area (Å²) >= 11 is 0. The number of benzene rings is 1. The number of rotatable bonds is 3. The van der Waals surface area contributed by atoms with Gasteiger partial charge in [0.1, 0.15) is 12.4 Å². The van der Waals surface area contributed by atoms with E-state index in [0.717, 1.165) is 29.7 Å². The van der Waals surface area contributed by atoms with Gasteiger partial charge in [-0.15, -0.1) is 0 Å². The van der Waals surface area contributed by atoms with Gasteiger partial charge in [-0.25, -0.2) is 9.78 Å². The normalized spacial score (nSPS) is 17.5. The first-order chi connectivity index (χ1) is 12.6. The summed E-state index contributed by atoms with van der Waals surface area (Å²) < 4.78 is 1.22. The first kappa shape index (κ1) is 16.3. The number of aromatic nitrogens is 4. The first-order valence-corrected chi connectivity index (χ1v) is 8.62. The highest BCUT2D eigenvalue weighted by molar-refractivity contribution is 5.76. The zero-order valence-electron chi connectivity index (χ0n) is 14.1. The second-order valence-corrected chi connectivity index (χ2v) is 6.56. The van der Waals surface area contributed by atoms with Crippen LogP contribution in [0.4, 0.5) is 0 Å². The molecule has 2 N–H and O–H groups in total. The molecule has 2 aromatic heterocycles. The zero-order chi connectivity index (χ0) is 18.1. The summed E-state index contributed by atoms with van der Waals surface area (Å²) in [4.78, 5) is 47.4. The van der Waals surface area contributed by atoms with Crippen LogP contribution >= 0.6 is 0 Å². The van der Waals surface area contributed by atoms with Crippen molar-refractivity contribution in [2.24, 2.45) is 0 Å². The van der Waals surface area contributed by atoms with Crippen LogP contribution in [0.3, 0.4) is 0 Å². The minimum atomic E-state index is -0.573. The van der Waals surface area contributed by atoms with Gasteiger partial charge in [0.2, 0.25) is 5.91 Å². The maximum atomic E-state index is 12.6. The number of piperidine rings is 1. The number of likely N-dealkylation sites (tertiary alicyclic amines) is 1. The second kappa shape index (κ2) is 6.62. The zero-order valence-corrected chi connectivity index (χ0v) is 14.1. The molecule has 1 aliphatic heterocycles. The van der Waals surface area contributed by atoms with Crippen molar-refractivity contribution >= 4 is 16.9 Å². The molecule has 3 heterocycles. The smallest absolute Gasteiger partial charge is 0.328 e. The number of fused-ring (bicyclic) bond motifs is 1. The van der Waals surface area contributed by atoms with Crippen molar-refractivity contribution in [2.45, 2.75) is 25.3 Å². The van der Waals surface area contributed by atoms with Gasteiger partial charge in [0, 0.05) is 31.3 Å². The predicted molar refractivity (Wildman–Crippen MR) is 96.0 cm³/mol. The van der Waals surface area contributed by atoms with Crippen LogP contribution < -0.4 is 11.2 Å². The molecule has 8 nitrogen and oxygen atoms in total. The molecule has 0 bridgehead atoms. The van der Waals surface area contributed by atoms with Crippen LogP contribution in [0, 0.1) is 0 Å². The number of aromatic amines is 2. The summed E-state index contributed by atoms with van der Waals surface area (Å²) in [5.41, 5.74) is 0.870. The Balaban J connectivity index is 1.49. The highest BCUT2D eigenvalue weighted by Gasteiger charge is 2.27. The fraction of sp³-hybridized carbons (Fsp3) is 0.333. The number of nitrogens with zero attached hydrogens (tertiary/aromatic N) is 3. The Morgan fingerprint density at radius 1 is 1.19 bits per heavy atom. The summed E-state index contributed by atoms with van der Waals surface area (Å²) in [5, 5.41) is 0. The Labute approximate surface area is 148 Å². The maximum Gasteiger partial charge on any atom is 0.328 e. The molecule has 1 atom stereocenters. The minimum absolute atomic E-state index is 0.0809. The van der Waals surface area contributed by atoms with E-state index in [1.54, 1.807) is 4.90 Å². The number of carbonyl (C=O) groups is 1. The number of H-pyrrole nitrogens is 2. The van der Waals surface area contributed by atoms with Gasteiger partial charge in [-0.05, 0) is 25.0 Å². The number of hydrogen-bond donors (Lipinski definition) is 2. The highest BCUT2D eigenvalue weighted by Crippen LogP contribution is 2.26. The van der Waals surface area contributed by atoms with E-state index in [1.807, 2.05) is 24.3 Å². The second-order valence-electron chi connectivity index (χ2n) is 6.56. The van der Waals surface area contributed by atoms with E-state index in [-0.39, 0.29) is 18.4 Å². The van der Waals surface area contributed by atoms with E-state index in [9.17, 15) is 14.4 Å². The number of imidazole rings is 1. The lowest BCUT2D eigenvalue weighted by molar-refractivity contribution is -0.133. The fourth-order valence-corrected chi connectivity index (χ4v) is 3.41. The predicted octanol–water partition coefficient (Wildman–Crippen LogP) is 0.819. The molecule has 1 aliphatic rings. The maximum absolute atomic E-state index is 12.6. The molecule has 8 heteroatoms. The molecule has 1 amide bonds. The third-order valence-electron chi connectivity index (χ3n) is 4.77. The molecule has 1 fully saturated rings. The van der Waals surface area contributed by atoms with Crippen molar-refractivity contribution in [1.82, 2.24) is 24.4 Å². The lowest BCUT2D eigenvalue weighted by atomic mass is 9.97. The van der Waals surface area contributed by atoms with Gasteiger partial charge >= 0.3 is 5.69 Å². The quantitative estimate of drug-likeness (QED) is 0.727. The molecule has 1 unspecified atom stereocenters. The molecule has 1 aromatic carbocycles. The molecule has 1 saturated heterocycles. The summed E-state index contributed by atoms with van der Waals surface area (Å²) in [6.07, 6.45) is 3.19. The van der Waals surface area contributed by atoms with Gasteiger partial charge in [-0.2, -0.15) is 0 Å². The third-order valence-corrected chi connectivity index (χ3v) is 4.77. The molecule has 26 heavy (non-hydrogen) atoms. The van der Waals surface area contributed by atoms with Crippen molar-refractivity contribution in [1.29, 1.82) is 0 Å².